The van der Waals surface area contributed by atoms with Crippen molar-refractivity contribution in [3.8, 4) is 11.3 Å². The Morgan fingerprint density at radius 3 is 1.73 bits per heavy atom. The molecule has 0 radical (unpaired) electrons. The first-order valence-electron chi connectivity index (χ1n) is 9.30. The van der Waals surface area contributed by atoms with Crippen LogP contribution in [0.1, 0.15) is 27.7 Å². The number of aromatic nitrogens is 1. The number of nitrogens with zero attached hydrogens (tertiary/aromatic N) is 1. The summed E-state index contributed by atoms with van der Waals surface area (Å²) in [4.78, 5) is 0. The highest BCUT2D eigenvalue weighted by Gasteiger charge is 2.17. The molecule has 1 aromatic heterocycles. The van der Waals surface area contributed by atoms with Crippen molar-refractivity contribution in [1.82, 2.24) is 0 Å². The van der Waals surface area contributed by atoms with Gasteiger partial charge in [-0.25, -0.2) is 8.96 Å². The van der Waals surface area contributed by atoms with E-state index in [4.69, 9.17) is 0 Å². The Morgan fingerprint density at radius 1 is 0.692 bits per heavy atom. The van der Waals surface area contributed by atoms with E-state index in [1.165, 1.54) is 16.8 Å². The SMILES string of the molecule is CC.CC.C[n+]1ccc(F)cc1-c1c2ccccc2cc2ccccc12. The predicted octanol–water partition coefficient (Wildman–Crippen LogP) is 6.68. The normalized spacial score (nSPS) is 9.92. The molecule has 0 aliphatic rings. The first-order chi connectivity index (χ1) is 12.7. The molecular formula is C24H27FN+. The number of benzene rings is 3. The lowest BCUT2D eigenvalue weighted by Gasteiger charge is -2.10. The fraction of sp³-hybridized carbons (Fsp3) is 0.208. The van der Waals surface area contributed by atoms with E-state index in [0.717, 1.165) is 22.0 Å². The minimum absolute atomic E-state index is 0.217. The third-order valence-corrected chi connectivity index (χ3v) is 4.14. The van der Waals surface area contributed by atoms with Gasteiger partial charge in [0.15, 0.2) is 6.20 Å². The average molecular weight is 348 g/mol. The molecule has 0 saturated heterocycles. The van der Waals surface area contributed by atoms with Gasteiger partial charge in [-0.2, -0.15) is 0 Å². The zero-order chi connectivity index (χ0) is 19.1. The van der Waals surface area contributed by atoms with Crippen LogP contribution in [-0.2, 0) is 7.05 Å². The van der Waals surface area contributed by atoms with E-state index in [9.17, 15) is 4.39 Å². The summed E-state index contributed by atoms with van der Waals surface area (Å²) >= 11 is 0. The number of fused-ring (bicyclic) bond motifs is 2. The highest BCUT2D eigenvalue weighted by molar-refractivity contribution is 6.11. The largest absolute Gasteiger partial charge is 0.216 e. The molecule has 1 nitrogen and oxygen atoms in total. The van der Waals surface area contributed by atoms with Crippen molar-refractivity contribution < 1.29 is 8.96 Å². The second-order valence-electron chi connectivity index (χ2n) is 5.53. The highest BCUT2D eigenvalue weighted by atomic mass is 19.1. The molecule has 0 saturated carbocycles. The van der Waals surface area contributed by atoms with E-state index in [0.29, 0.717) is 0 Å². The third kappa shape index (κ3) is 3.75. The summed E-state index contributed by atoms with van der Waals surface area (Å²) in [5, 5.41) is 4.62. The van der Waals surface area contributed by atoms with Gasteiger partial charge < -0.3 is 0 Å². The van der Waals surface area contributed by atoms with Crippen molar-refractivity contribution in [2.45, 2.75) is 27.7 Å². The molecule has 0 spiro atoms. The smallest absolute Gasteiger partial charge is 0.207 e. The molecule has 134 valence electrons. The lowest BCUT2D eigenvalue weighted by Crippen LogP contribution is -2.30. The molecule has 0 aliphatic heterocycles. The van der Waals surface area contributed by atoms with Gasteiger partial charge in [-0.1, -0.05) is 76.2 Å². The summed E-state index contributed by atoms with van der Waals surface area (Å²) in [6, 6.07) is 21.8. The maximum Gasteiger partial charge on any atom is 0.216 e. The topological polar surface area (TPSA) is 3.88 Å². The molecule has 0 atom stereocenters. The fourth-order valence-corrected chi connectivity index (χ4v) is 3.08. The zero-order valence-corrected chi connectivity index (χ0v) is 16.3. The predicted molar refractivity (Wildman–Crippen MR) is 111 cm³/mol. The summed E-state index contributed by atoms with van der Waals surface area (Å²) in [7, 11) is 1.95. The number of hydrogen-bond donors (Lipinski definition) is 0. The standard InChI is InChI=1S/C20H15FN.2C2H6/c1-22-11-10-16(21)13-19(22)20-17-8-4-2-6-14(17)12-15-7-3-5-9-18(15)20;2*1-2/h2-13H,1H3;2*1-2H3/q+1;;. The van der Waals surface area contributed by atoms with Crippen LogP contribution >= 0.6 is 0 Å². The van der Waals surface area contributed by atoms with E-state index >= 15 is 0 Å². The first kappa shape index (κ1) is 19.6. The van der Waals surface area contributed by atoms with Gasteiger partial charge in [0.25, 0.3) is 0 Å². The van der Waals surface area contributed by atoms with Gasteiger partial charge in [-0.05, 0) is 27.6 Å². The van der Waals surface area contributed by atoms with Crippen LogP contribution in [0.2, 0.25) is 0 Å². The van der Waals surface area contributed by atoms with Crippen molar-refractivity contribution in [3.63, 3.8) is 0 Å². The van der Waals surface area contributed by atoms with Crippen molar-refractivity contribution in [2.75, 3.05) is 0 Å². The minimum atomic E-state index is -0.217. The summed E-state index contributed by atoms with van der Waals surface area (Å²) in [5.74, 6) is -0.217. The van der Waals surface area contributed by atoms with Crippen molar-refractivity contribution in [3.05, 3.63) is 78.7 Å². The van der Waals surface area contributed by atoms with Crippen LogP contribution in [-0.4, -0.2) is 0 Å². The van der Waals surface area contributed by atoms with Crippen LogP contribution in [0.3, 0.4) is 0 Å². The van der Waals surface area contributed by atoms with E-state index in [1.807, 2.05) is 63.6 Å². The number of rotatable bonds is 1. The van der Waals surface area contributed by atoms with E-state index in [1.54, 1.807) is 12.3 Å². The summed E-state index contributed by atoms with van der Waals surface area (Å²) < 4.78 is 15.8. The van der Waals surface area contributed by atoms with Crippen LogP contribution < -0.4 is 4.57 Å². The quantitative estimate of drug-likeness (QED) is 0.267. The van der Waals surface area contributed by atoms with Gasteiger partial charge in [0.1, 0.15) is 12.9 Å². The van der Waals surface area contributed by atoms with Gasteiger partial charge >= 0.3 is 0 Å². The molecule has 0 unspecified atom stereocenters. The molecular weight excluding hydrogens is 321 g/mol. The number of hydrogen-bond acceptors (Lipinski definition) is 0. The highest BCUT2D eigenvalue weighted by Crippen LogP contribution is 2.34. The van der Waals surface area contributed by atoms with Gasteiger partial charge in [-0.3, -0.25) is 0 Å². The molecule has 0 N–H and O–H groups in total. The van der Waals surface area contributed by atoms with Gasteiger partial charge in [-0.15, -0.1) is 0 Å². The molecule has 3 aromatic carbocycles. The molecule has 0 bridgehead atoms. The second kappa shape index (κ2) is 9.10. The molecule has 0 fully saturated rings. The van der Waals surface area contributed by atoms with Crippen molar-refractivity contribution in [2.24, 2.45) is 7.05 Å². The maximum absolute atomic E-state index is 13.8. The second-order valence-corrected chi connectivity index (χ2v) is 5.53. The lowest BCUT2D eigenvalue weighted by molar-refractivity contribution is -0.660. The van der Waals surface area contributed by atoms with Crippen LogP contribution in [0, 0.1) is 5.82 Å². The van der Waals surface area contributed by atoms with Crippen LogP contribution in [0.15, 0.2) is 72.9 Å². The fourth-order valence-electron chi connectivity index (χ4n) is 3.08. The third-order valence-electron chi connectivity index (χ3n) is 4.14. The van der Waals surface area contributed by atoms with Gasteiger partial charge in [0.2, 0.25) is 5.69 Å². The minimum Gasteiger partial charge on any atom is -0.207 e. The summed E-state index contributed by atoms with van der Waals surface area (Å²) in [6.07, 6.45) is 1.77. The summed E-state index contributed by atoms with van der Waals surface area (Å²) in [5.41, 5.74) is 1.96. The van der Waals surface area contributed by atoms with Crippen molar-refractivity contribution in [1.29, 1.82) is 0 Å². The molecule has 0 aliphatic carbocycles. The Kier molecular flexibility index (Phi) is 6.85. The van der Waals surface area contributed by atoms with Crippen molar-refractivity contribution >= 4 is 21.5 Å². The molecule has 26 heavy (non-hydrogen) atoms. The summed E-state index contributed by atoms with van der Waals surface area (Å²) in [6.45, 7) is 8.00. The molecule has 0 amide bonds. The van der Waals surface area contributed by atoms with Gasteiger partial charge in [0, 0.05) is 12.1 Å². The Labute approximate surface area is 155 Å². The molecule has 2 heteroatoms. The molecule has 4 aromatic rings. The number of halogens is 1. The Bertz CT molecular complexity index is 951. The zero-order valence-electron chi connectivity index (χ0n) is 16.3. The monoisotopic (exact) mass is 348 g/mol. The number of pyridine rings is 1. The van der Waals surface area contributed by atoms with Crippen LogP contribution in [0.5, 0.6) is 0 Å². The van der Waals surface area contributed by atoms with Crippen LogP contribution in [0.25, 0.3) is 32.8 Å². The Hall–Kier alpha value is -2.74. The van der Waals surface area contributed by atoms with E-state index in [2.05, 4.69) is 30.3 Å². The Morgan fingerprint density at radius 2 is 1.19 bits per heavy atom. The average Bonchev–Trinajstić information content (AvgIpc) is 2.71. The van der Waals surface area contributed by atoms with E-state index < -0.39 is 0 Å². The van der Waals surface area contributed by atoms with Crippen LogP contribution in [0.4, 0.5) is 4.39 Å². The molecule has 1 heterocycles. The lowest BCUT2D eigenvalue weighted by atomic mass is 9.94. The maximum atomic E-state index is 13.8. The van der Waals surface area contributed by atoms with E-state index in [-0.39, 0.29) is 5.82 Å². The number of aryl methyl sites for hydroxylation is 1. The Balaban J connectivity index is 0.000000570. The molecule has 4 rings (SSSR count). The van der Waals surface area contributed by atoms with Gasteiger partial charge in [0.05, 0.1) is 5.56 Å². The first-order valence-corrected chi connectivity index (χ1v) is 9.30.